The van der Waals surface area contributed by atoms with Crippen molar-refractivity contribution in [3.63, 3.8) is 0 Å². The van der Waals surface area contributed by atoms with E-state index >= 15 is 0 Å². The van der Waals surface area contributed by atoms with Gasteiger partial charge in [-0.1, -0.05) is 19.9 Å². The van der Waals surface area contributed by atoms with Crippen molar-refractivity contribution < 1.29 is 13.2 Å². The van der Waals surface area contributed by atoms with E-state index in [1.165, 1.54) is 12.1 Å². The third kappa shape index (κ3) is 3.26. The lowest BCUT2D eigenvalue weighted by molar-refractivity contribution is -0.136. The van der Waals surface area contributed by atoms with E-state index in [0.717, 1.165) is 18.5 Å². The zero-order valence-corrected chi connectivity index (χ0v) is 11.8. The Kier molecular flexibility index (Phi) is 4.37. The van der Waals surface area contributed by atoms with Gasteiger partial charge in [0.15, 0.2) is 0 Å². The maximum atomic E-state index is 13.1. The van der Waals surface area contributed by atoms with Crippen molar-refractivity contribution in [2.24, 2.45) is 0 Å². The van der Waals surface area contributed by atoms with Gasteiger partial charge in [-0.05, 0) is 30.7 Å². The van der Waals surface area contributed by atoms with Gasteiger partial charge in [-0.3, -0.25) is 4.79 Å². The topological polar surface area (TPSA) is 44.9 Å². The van der Waals surface area contributed by atoms with E-state index in [9.17, 15) is 18.0 Å². The van der Waals surface area contributed by atoms with Crippen molar-refractivity contribution in [2.75, 3.05) is 6.54 Å². The van der Waals surface area contributed by atoms with Gasteiger partial charge in [-0.25, -0.2) is 0 Å². The van der Waals surface area contributed by atoms with Gasteiger partial charge in [0.25, 0.3) is 0 Å². The molecule has 114 valence electrons. The molecule has 1 aromatic heterocycles. The highest BCUT2D eigenvalue weighted by Crippen LogP contribution is 2.34. The van der Waals surface area contributed by atoms with Crippen LogP contribution in [0.25, 0.3) is 10.9 Å². The van der Waals surface area contributed by atoms with E-state index in [-0.39, 0.29) is 16.9 Å². The molecule has 1 heterocycles. The standard InChI is InChI=1S/C15H17F3N2O/c1-3-12(19-4-2)9-5-6-13-10(7-9)11(15(16,17)18)8-14(21)20-13/h5-8,12,19H,3-4H2,1-2H3,(H,20,21). The molecule has 0 aliphatic carbocycles. The first-order valence-electron chi connectivity index (χ1n) is 6.84. The Bertz CT molecular complexity index is 691. The molecule has 0 saturated heterocycles. The molecule has 1 aromatic carbocycles. The van der Waals surface area contributed by atoms with E-state index in [2.05, 4.69) is 10.3 Å². The average molecular weight is 298 g/mol. The van der Waals surface area contributed by atoms with E-state index in [4.69, 9.17) is 0 Å². The molecule has 0 bridgehead atoms. The summed E-state index contributed by atoms with van der Waals surface area (Å²) in [6, 6.07) is 5.38. The van der Waals surface area contributed by atoms with Crippen molar-refractivity contribution in [2.45, 2.75) is 32.5 Å². The van der Waals surface area contributed by atoms with Crippen LogP contribution in [0.2, 0.25) is 0 Å². The summed E-state index contributed by atoms with van der Waals surface area (Å²) < 4.78 is 39.3. The minimum absolute atomic E-state index is 0.00703. The monoisotopic (exact) mass is 298 g/mol. The summed E-state index contributed by atoms with van der Waals surface area (Å²) in [7, 11) is 0. The van der Waals surface area contributed by atoms with E-state index < -0.39 is 17.3 Å². The fourth-order valence-electron chi connectivity index (χ4n) is 2.47. The second-order valence-corrected chi connectivity index (χ2v) is 4.87. The lowest BCUT2D eigenvalue weighted by atomic mass is 9.99. The minimum atomic E-state index is -4.55. The van der Waals surface area contributed by atoms with Crippen LogP contribution in [0.15, 0.2) is 29.1 Å². The quantitative estimate of drug-likeness (QED) is 0.905. The van der Waals surface area contributed by atoms with Gasteiger partial charge >= 0.3 is 6.18 Å². The highest BCUT2D eigenvalue weighted by Gasteiger charge is 2.33. The Morgan fingerprint density at radius 1 is 1.24 bits per heavy atom. The largest absolute Gasteiger partial charge is 0.417 e. The maximum absolute atomic E-state index is 13.1. The Labute approximate surface area is 120 Å². The molecule has 0 saturated carbocycles. The van der Waals surface area contributed by atoms with Crippen LogP contribution in [0, 0.1) is 0 Å². The number of nitrogens with one attached hydrogen (secondary N) is 2. The van der Waals surface area contributed by atoms with E-state index in [1.807, 2.05) is 13.8 Å². The maximum Gasteiger partial charge on any atom is 0.417 e. The molecule has 2 rings (SSSR count). The van der Waals surface area contributed by atoms with Crippen LogP contribution in [0.5, 0.6) is 0 Å². The van der Waals surface area contributed by atoms with Crippen molar-refractivity contribution >= 4 is 10.9 Å². The Hall–Kier alpha value is -1.82. The molecule has 21 heavy (non-hydrogen) atoms. The predicted molar refractivity (Wildman–Crippen MR) is 76.3 cm³/mol. The van der Waals surface area contributed by atoms with Crippen LogP contribution >= 0.6 is 0 Å². The predicted octanol–water partition coefficient (Wildman–Crippen LogP) is 3.61. The number of alkyl halides is 3. The summed E-state index contributed by atoms with van der Waals surface area (Å²) in [5.41, 5.74) is -0.662. The summed E-state index contributed by atoms with van der Waals surface area (Å²) in [6.45, 7) is 4.64. The molecule has 0 amide bonds. The van der Waals surface area contributed by atoms with Crippen LogP contribution in [0.4, 0.5) is 13.2 Å². The van der Waals surface area contributed by atoms with E-state index in [0.29, 0.717) is 6.07 Å². The molecule has 1 atom stereocenters. The van der Waals surface area contributed by atoms with Gasteiger partial charge in [0, 0.05) is 23.0 Å². The molecule has 3 nitrogen and oxygen atoms in total. The minimum Gasteiger partial charge on any atom is -0.322 e. The molecule has 0 radical (unpaired) electrons. The normalized spacial score (nSPS) is 13.6. The number of rotatable bonds is 4. The molecular formula is C15H17F3N2O. The summed E-state index contributed by atoms with van der Waals surface area (Å²) in [5, 5.41) is 3.25. The number of fused-ring (bicyclic) bond motifs is 1. The first-order valence-corrected chi connectivity index (χ1v) is 6.84. The van der Waals surface area contributed by atoms with Crippen LogP contribution in [0.3, 0.4) is 0 Å². The molecule has 2 aromatic rings. The summed E-state index contributed by atoms with van der Waals surface area (Å²) >= 11 is 0. The average Bonchev–Trinajstić information content (AvgIpc) is 2.42. The van der Waals surface area contributed by atoms with Gasteiger partial charge in [0.05, 0.1) is 5.56 Å². The fourth-order valence-corrected chi connectivity index (χ4v) is 2.47. The molecule has 0 aliphatic rings. The number of benzene rings is 1. The number of hydrogen-bond donors (Lipinski definition) is 2. The summed E-state index contributed by atoms with van der Waals surface area (Å²) in [4.78, 5) is 13.8. The van der Waals surface area contributed by atoms with Crippen LogP contribution in [-0.4, -0.2) is 11.5 Å². The van der Waals surface area contributed by atoms with Crippen molar-refractivity contribution in [1.82, 2.24) is 10.3 Å². The third-order valence-corrected chi connectivity index (χ3v) is 3.43. The van der Waals surface area contributed by atoms with Gasteiger partial charge in [-0.2, -0.15) is 13.2 Å². The molecule has 0 fully saturated rings. The van der Waals surface area contributed by atoms with Gasteiger partial charge in [0.2, 0.25) is 5.56 Å². The van der Waals surface area contributed by atoms with Crippen LogP contribution in [-0.2, 0) is 6.18 Å². The smallest absolute Gasteiger partial charge is 0.322 e. The molecule has 0 aliphatic heterocycles. The van der Waals surface area contributed by atoms with Gasteiger partial charge in [-0.15, -0.1) is 0 Å². The first kappa shape index (κ1) is 15.6. The SMILES string of the molecule is CCNC(CC)c1ccc2[nH]c(=O)cc(C(F)(F)F)c2c1. The Balaban J connectivity index is 2.66. The van der Waals surface area contributed by atoms with Crippen molar-refractivity contribution in [3.8, 4) is 0 Å². The highest BCUT2D eigenvalue weighted by molar-refractivity contribution is 5.83. The molecule has 6 heteroatoms. The Morgan fingerprint density at radius 2 is 1.95 bits per heavy atom. The lowest BCUT2D eigenvalue weighted by Crippen LogP contribution is -2.20. The first-order chi connectivity index (χ1) is 9.86. The van der Waals surface area contributed by atoms with Crippen molar-refractivity contribution in [1.29, 1.82) is 0 Å². The second kappa shape index (κ2) is 5.89. The van der Waals surface area contributed by atoms with E-state index in [1.54, 1.807) is 6.07 Å². The number of aromatic amines is 1. The molecule has 0 spiro atoms. The number of aromatic nitrogens is 1. The highest BCUT2D eigenvalue weighted by atomic mass is 19.4. The molecule has 1 unspecified atom stereocenters. The number of pyridine rings is 1. The lowest BCUT2D eigenvalue weighted by Gasteiger charge is -2.18. The van der Waals surface area contributed by atoms with Crippen LogP contribution < -0.4 is 10.9 Å². The summed E-state index contributed by atoms with van der Waals surface area (Å²) in [5.74, 6) is 0. The Morgan fingerprint density at radius 3 is 2.52 bits per heavy atom. The second-order valence-electron chi connectivity index (χ2n) is 4.87. The summed E-state index contributed by atoms with van der Waals surface area (Å²) in [6.07, 6.45) is -3.78. The van der Waals surface area contributed by atoms with Gasteiger partial charge < -0.3 is 10.3 Å². The zero-order valence-electron chi connectivity index (χ0n) is 11.8. The molecule has 2 N–H and O–H groups in total. The van der Waals surface area contributed by atoms with Gasteiger partial charge in [0.1, 0.15) is 0 Å². The molecular weight excluding hydrogens is 281 g/mol. The third-order valence-electron chi connectivity index (χ3n) is 3.43. The number of hydrogen-bond acceptors (Lipinski definition) is 2. The fraction of sp³-hybridized carbons (Fsp3) is 0.400. The van der Waals surface area contributed by atoms with Crippen LogP contribution in [0.1, 0.15) is 37.4 Å². The number of H-pyrrole nitrogens is 1. The van der Waals surface area contributed by atoms with Crippen molar-refractivity contribution in [3.05, 3.63) is 45.7 Å². The number of halogens is 3. The zero-order chi connectivity index (χ0) is 15.6.